The van der Waals surface area contributed by atoms with Crippen LogP contribution in [0.3, 0.4) is 0 Å². The first-order valence-corrected chi connectivity index (χ1v) is 31.6. The Morgan fingerprint density at radius 2 is 0.924 bits per heavy atom. The van der Waals surface area contributed by atoms with Crippen molar-refractivity contribution in [1.82, 2.24) is 46.2 Å². The standard InChI is InChI=1S/C62H87N15O15/c1-33(80)69-42(52(82)73-44(32-79)56(86)75-30-39-17-5-3-13-35(39)25-50(75)58(88)77-46-21-9-7-15-37(46)27-48(77)54(84)72-41(60(91)92)19-11-23-68-62(65)66)28-51(81)70-43(31-78)55(85)74-29-38-16-4-2-12-34(38)24-49(74)57(87)76-45-20-8-6-14-36(45)26-47(76)53(83)71-40(59(89)90)18-10-22-67-61(63)64/h2-5,12-13,16-17,36-37,40-50,78-79H,6-11,14-15,18-32H2,1H3,(H,69,80)(H,70,81)(H,71,83)(H,72,84)(H,73,82)(H,89,90)(H,91,92)(H4,63,64,67)(H4,65,66,68)/t36?,37?,40-,41-,42+,43-,44-,45?,46?,47-,48-,49+,50+/m0/s1. The van der Waals surface area contributed by atoms with Crippen LogP contribution < -0.4 is 49.5 Å². The molecular formula is C62H87N15O15. The number of nitrogens with two attached hydrogens (primary N) is 4. The van der Waals surface area contributed by atoms with Crippen molar-refractivity contribution < 1.29 is 73.2 Å². The van der Waals surface area contributed by atoms with Crippen LogP contribution in [0.25, 0.3) is 0 Å². The fourth-order valence-electron chi connectivity index (χ4n) is 14.3. The van der Waals surface area contributed by atoms with Crippen molar-refractivity contribution >= 4 is 77.0 Å². The topological polar surface area (TPSA) is 471 Å². The Labute approximate surface area is 532 Å². The van der Waals surface area contributed by atoms with E-state index in [0.717, 1.165) is 43.7 Å². The molecule has 30 heteroatoms. The molecule has 500 valence electrons. The number of benzene rings is 2. The SMILES string of the molecule is CC(=O)N[C@H](CC(=O)N[C@@H](CO)C(=O)N1Cc2ccccc2C[C@@H]1C(=O)N1C2CCCCC2C[C@H]1C(=O)N[C@@H](CCCN=C(N)N)C(=O)O)C(=O)N[C@@H](CO)C(=O)N1Cc2ccccc2C[C@@H]1C(=O)N1C2CCCCC2C[C@H]1C(=O)N[C@@H](CCCN=C(N)N)C(=O)O. The highest BCUT2D eigenvalue weighted by atomic mass is 16.4. The summed E-state index contributed by atoms with van der Waals surface area (Å²) in [7, 11) is 0. The van der Waals surface area contributed by atoms with Crippen LogP contribution >= 0.6 is 0 Å². The van der Waals surface area contributed by atoms with E-state index in [0.29, 0.717) is 36.8 Å². The van der Waals surface area contributed by atoms with Gasteiger partial charge in [-0.25, -0.2) is 9.59 Å². The largest absolute Gasteiger partial charge is 0.480 e. The van der Waals surface area contributed by atoms with E-state index in [4.69, 9.17) is 22.9 Å². The van der Waals surface area contributed by atoms with Gasteiger partial charge in [0.25, 0.3) is 0 Å². The fraction of sp³-hybridized carbons (Fsp3) is 0.597. The number of carboxylic acids is 2. The number of carbonyl (C=O) groups excluding carboxylic acids is 9. The van der Waals surface area contributed by atoms with Gasteiger partial charge in [0, 0.05) is 58.0 Å². The third kappa shape index (κ3) is 16.6. The first kappa shape index (κ1) is 69.0. The summed E-state index contributed by atoms with van der Waals surface area (Å²) in [5, 5.41) is 54.5. The number of carboxylic acid groups (broad SMARTS) is 2. The molecule has 4 fully saturated rings. The average Bonchev–Trinajstić information content (AvgIpc) is 1.51. The number of hydrogen-bond acceptors (Lipinski definition) is 15. The zero-order chi connectivity index (χ0) is 66.5. The van der Waals surface area contributed by atoms with Crippen molar-refractivity contribution in [2.75, 3.05) is 26.3 Å². The monoisotopic (exact) mass is 1280 g/mol. The molecule has 2 aliphatic carbocycles. The molecule has 2 saturated heterocycles. The van der Waals surface area contributed by atoms with Gasteiger partial charge in [0.2, 0.25) is 53.2 Å². The number of rotatable bonds is 26. The van der Waals surface area contributed by atoms with E-state index >= 15 is 9.59 Å². The Balaban J connectivity index is 0.984. The lowest BCUT2D eigenvalue weighted by Crippen LogP contribution is -2.63. The Morgan fingerprint density at radius 3 is 1.32 bits per heavy atom. The highest BCUT2D eigenvalue weighted by Gasteiger charge is 2.54. The number of aliphatic hydroxyl groups is 2. The van der Waals surface area contributed by atoms with E-state index < -0.39 is 151 Å². The quantitative estimate of drug-likeness (QED) is 0.0259. The maximum absolute atomic E-state index is 15.3. The van der Waals surface area contributed by atoms with E-state index in [2.05, 4.69) is 36.6 Å². The van der Waals surface area contributed by atoms with Gasteiger partial charge in [-0.15, -0.1) is 0 Å². The molecule has 4 aliphatic heterocycles. The lowest BCUT2D eigenvalue weighted by Gasteiger charge is -2.42. The van der Waals surface area contributed by atoms with Gasteiger partial charge in [-0.2, -0.15) is 0 Å². The summed E-state index contributed by atoms with van der Waals surface area (Å²) in [6.45, 7) is -1.09. The van der Waals surface area contributed by atoms with Crippen LogP contribution in [-0.2, 0) is 78.7 Å². The maximum atomic E-state index is 15.3. The summed E-state index contributed by atoms with van der Waals surface area (Å²) in [6.07, 6.45) is 5.60. The van der Waals surface area contributed by atoms with Crippen LogP contribution in [-0.4, -0.2) is 210 Å². The van der Waals surface area contributed by atoms with Gasteiger partial charge >= 0.3 is 11.9 Å². The first-order chi connectivity index (χ1) is 44.0. The van der Waals surface area contributed by atoms with Crippen LogP contribution in [0.2, 0.25) is 0 Å². The molecular weight excluding hydrogens is 1190 g/mol. The molecule has 8 rings (SSSR count). The normalized spacial score (nSPS) is 23.8. The number of aliphatic carboxylic acids is 2. The molecule has 17 N–H and O–H groups in total. The third-order valence-electron chi connectivity index (χ3n) is 18.7. The van der Waals surface area contributed by atoms with Crippen LogP contribution in [0, 0.1) is 11.8 Å². The van der Waals surface area contributed by atoms with Gasteiger partial charge in [-0.05, 0) is 98.3 Å². The number of nitrogens with zero attached hydrogens (tertiary/aromatic N) is 6. The van der Waals surface area contributed by atoms with Crippen molar-refractivity contribution in [2.45, 2.75) is 196 Å². The summed E-state index contributed by atoms with van der Waals surface area (Å²) in [5.41, 5.74) is 24.5. The van der Waals surface area contributed by atoms with E-state index in [-0.39, 0.29) is 101 Å². The van der Waals surface area contributed by atoms with Gasteiger partial charge in [0.1, 0.15) is 54.4 Å². The highest BCUT2D eigenvalue weighted by Crippen LogP contribution is 2.43. The van der Waals surface area contributed by atoms with Crippen LogP contribution in [0.1, 0.15) is 125 Å². The minimum atomic E-state index is -1.79. The number of amides is 9. The number of fused-ring (bicyclic) bond motifs is 4. The minimum absolute atomic E-state index is 0.0157. The van der Waals surface area contributed by atoms with Crippen molar-refractivity contribution in [3.05, 3.63) is 70.8 Å². The van der Waals surface area contributed by atoms with E-state index in [1.165, 1.54) is 19.6 Å². The van der Waals surface area contributed by atoms with E-state index in [9.17, 15) is 63.6 Å². The molecule has 13 atom stereocenters. The number of likely N-dealkylation sites (tertiary alicyclic amines) is 2. The van der Waals surface area contributed by atoms with Gasteiger partial charge < -0.3 is 89.5 Å². The lowest BCUT2D eigenvalue weighted by molar-refractivity contribution is -0.154. The van der Waals surface area contributed by atoms with Gasteiger partial charge in [-0.1, -0.05) is 74.2 Å². The molecule has 0 radical (unpaired) electrons. The smallest absolute Gasteiger partial charge is 0.326 e. The summed E-state index contributed by atoms with van der Waals surface area (Å²) in [4.78, 5) is 168. The number of carbonyl (C=O) groups is 11. The Hall–Kier alpha value is -8.93. The number of nitrogens with one attached hydrogen (secondary N) is 5. The second kappa shape index (κ2) is 31.4. The zero-order valence-electron chi connectivity index (χ0n) is 51.7. The van der Waals surface area contributed by atoms with Gasteiger partial charge in [0.05, 0.1) is 19.6 Å². The second-order valence-electron chi connectivity index (χ2n) is 24.8. The van der Waals surface area contributed by atoms with Crippen molar-refractivity contribution in [1.29, 1.82) is 0 Å². The minimum Gasteiger partial charge on any atom is -0.480 e. The maximum Gasteiger partial charge on any atom is 0.326 e. The summed E-state index contributed by atoms with van der Waals surface area (Å²) >= 11 is 0. The molecule has 6 aliphatic rings. The fourth-order valence-corrected chi connectivity index (χ4v) is 14.3. The highest BCUT2D eigenvalue weighted by molar-refractivity contribution is 6.00. The van der Waals surface area contributed by atoms with Crippen LogP contribution in [0.15, 0.2) is 58.5 Å². The second-order valence-corrected chi connectivity index (χ2v) is 24.8. The first-order valence-electron chi connectivity index (χ1n) is 31.6. The predicted octanol–water partition coefficient (Wildman–Crippen LogP) is -2.69. The molecule has 2 saturated carbocycles. The molecule has 9 amide bonds. The van der Waals surface area contributed by atoms with Gasteiger partial charge in [-0.3, -0.25) is 53.1 Å². The molecule has 30 nitrogen and oxygen atoms in total. The molecule has 0 spiro atoms. The average molecular weight is 1280 g/mol. The summed E-state index contributed by atoms with van der Waals surface area (Å²) in [6, 6.07) is 0.497. The molecule has 0 bridgehead atoms. The molecule has 4 heterocycles. The number of hydrogen-bond donors (Lipinski definition) is 13. The Morgan fingerprint density at radius 1 is 0.522 bits per heavy atom. The summed E-state index contributed by atoms with van der Waals surface area (Å²) in [5.74, 6) is -10.5. The Kier molecular flexibility index (Phi) is 23.5. The van der Waals surface area contributed by atoms with Crippen molar-refractivity contribution in [2.24, 2.45) is 44.8 Å². The lowest BCUT2D eigenvalue weighted by atomic mass is 9.84. The summed E-state index contributed by atoms with van der Waals surface area (Å²) < 4.78 is 0. The van der Waals surface area contributed by atoms with Crippen LogP contribution in [0.5, 0.6) is 0 Å². The molecule has 4 unspecified atom stereocenters. The third-order valence-corrected chi connectivity index (χ3v) is 18.7. The van der Waals surface area contributed by atoms with Crippen molar-refractivity contribution in [3.8, 4) is 0 Å². The number of guanidine groups is 2. The van der Waals surface area contributed by atoms with E-state index in [1.807, 2.05) is 0 Å². The predicted molar refractivity (Wildman–Crippen MR) is 330 cm³/mol. The molecule has 0 aromatic heterocycles. The number of aliphatic imine (C=N–C) groups is 2. The zero-order valence-corrected chi connectivity index (χ0v) is 51.7. The number of aliphatic hydroxyl groups excluding tert-OH is 2. The van der Waals surface area contributed by atoms with Crippen molar-refractivity contribution in [3.63, 3.8) is 0 Å². The van der Waals surface area contributed by atoms with Gasteiger partial charge in [0.15, 0.2) is 11.9 Å². The molecule has 2 aromatic carbocycles. The van der Waals surface area contributed by atoms with Crippen LogP contribution in [0.4, 0.5) is 0 Å². The molecule has 92 heavy (non-hydrogen) atoms. The molecule has 2 aromatic rings. The Bertz CT molecular complexity index is 3160. The van der Waals surface area contributed by atoms with E-state index in [1.54, 1.807) is 48.5 Å².